The summed E-state index contributed by atoms with van der Waals surface area (Å²) in [6.45, 7) is 3.45. The zero-order valence-corrected chi connectivity index (χ0v) is 14.0. The van der Waals surface area contributed by atoms with E-state index in [0.29, 0.717) is 5.65 Å². The fraction of sp³-hybridized carbons (Fsp3) is 0.294. The number of nitrogens with zero attached hydrogens (tertiary/aromatic N) is 3. The molecule has 130 valence electrons. The number of carbonyl (C=O) groups excluding carboxylic acids is 1. The maximum atomic E-state index is 12.8. The molecule has 0 saturated heterocycles. The molecule has 25 heavy (non-hydrogen) atoms. The second kappa shape index (κ2) is 6.48. The monoisotopic (exact) mass is 341 g/mol. The molecular formula is C17H19N5O3. The van der Waals surface area contributed by atoms with Gasteiger partial charge in [0.25, 0.3) is 11.5 Å². The van der Waals surface area contributed by atoms with Gasteiger partial charge in [0.1, 0.15) is 16.8 Å². The molecule has 3 aromatic heterocycles. The Morgan fingerprint density at radius 2 is 2.16 bits per heavy atom. The lowest BCUT2D eigenvalue weighted by Crippen LogP contribution is -2.37. The van der Waals surface area contributed by atoms with Crippen molar-refractivity contribution in [2.24, 2.45) is 0 Å². The van der Waals surface area contributed by atoms with E-state index in [1.54, 1.807) is 24.4 Å². The molecule has 8 heteroatoms. The Morgan fingerprint density at radius 3 is 2.84 bits per heavy atom. The smallest absolute Gasteiger partial charge is 0.267 e. The number of nitrogens with one attached hydrogen (secondary N) is 2. The van der Waals surface area contributed by atoms with E-state index in [1.165, 1.54) is 15.0 Å². The van der Waals surface area contributed by atoms with Gasteiger partial charge < -0.3 is 15.0 Å². The van der Waals surface area contributed by atoms with Gasteiger partial charge in [0, 0.05) is 18.8 Å². The zero-order valence-electron chi connectivity index (χ0n) is 14.0. The summed E-state index contributed by atoms with van der Waals surface area (Å²) in [4.78, 5) is 29.7. The average molecular weight is 341 g/mol. The summed E-state index contributed by atoms with van der Waals surface area (Å²) in [7, 11) is 0. The number of rotatable bonds is 4. The number of fused-ring (bicyclic) bond motifs is 2. The number of carbonyl (C=O) groups is 1. The number of pyridine rings is 2. The summed E-state index contributed by atoms with van der Waals surface area (Å²) >= 11 is 0. The van der Waals surface area contributed by atoms with Crippen molar-refractivity contribution in [1.82, 2.24) is 19.3 Å². The zero-order chi connectivity index (χ0) is 18.1. The number of aromatic nitrogens is 3. The Bertz CT molecular complexity index is 1080. The van der Waals surface area contributed by atoms with Gasteiger partial charge in [-0.2, -0.15) is 0 Å². The Balaban J connectivity index is 2.41. The highest BCUT2D eigenvalue weighted by Crippen LogP contribution is 2.10. The first-order valence-corrected chi connectivity index (χ1v) is 7.95. The van der Waals surface area contributed by atoms with Gasteiger partial charge >= 0.3 is 0 Å². The van der Waals surface area contributed by atoms with Crippen LogP contribution in [0.4, 0.5) is 0 Å². The van der Waals surface area contributed by atoms with Crippen LogP contribution in [-0.2, 0) is 6.54 Å². The molecule has 0 atom stereocenters. The van der Waals surface area contributed by atoms with Gasteiger partial charge in [-0.3, -0.25) is 19.4 Å². The summed E-state index contributed by atoms with van der Waals surface area (Å²) in [6, 6.07) is 6.46. The fourth-order valence-corrected chi connectivity index (χ4v) is 2.72. The van der Waals surface area contributed by atoms with E-state index in [0.717, 1.165) is 0 Å². The average Bonchev–Trinajstić information content (AvgIpc) is 2.57. The van der Waals surface area contributed by atoms with Crippen LogP contribution in [0.15, 0.2) is 35.3 Å². The van der Waals surface area contributed by atoms with Gasteiger partial charge in [-0.1, -0.05) is 6.07 Å². The first-order valence-electron chi connectivity index (χ1n) is 7.95. The maximum absolute atomic E-state index is 12.8. The Labute approximate surface area is 142 Å². The second-order valence-electron chi connectivity index (χ2n) is 5.99. The van der Waals surface area contributed by atoms with Crippen LogP contribution < -0.4 is 16.4 Å². The predicted octanol–water partition coefficient (Wildman–Crippen LogP) is 0.259. The largest absolute Gasteiger partial charge is 0.395 e. The lowest BCUT2D eigenvalue weighted by molar-refractivity contribution is 0.0940. The highest BCUT2D eigenvalue weighted by atomic mass is 16.3. The molecule has 8 nitrogen and oxygen atoms in total. The van der Waals surface area contributed by atoms with Crippen LogP contribution in [0.3, 0.4) is 0 Å². The molecular weight excluding hydrogens is 322 g/mol. The number of aliphatic hydroxyl groups is 1. The molecule has 0 fully saturated rings. The number of hydrogen-bond acceptors (Lipinski definition) is 5. The van der Waals surface area contributed by atoms with Crippen molar-refractivity contribution < 1.29 is 9.90 Å². The van der Waals surface area contributed by atoms with E-state index in [1.807, 2.05) is 13.8 Å². The third kappa shape index (κ3) is 2.91. The van der Waals surface area contributed by atoms with E-state index in [4.69, 9.17) is 5.41 Å². The van der Waals surface area contributed by atoms with Crippen molar-refractivity contribution in [3.05, 3.63) is 51.9 Å². The lowest BCUT2D eigenvalue weighted by atomic mass is 10.2. The molecule has 0 radical (unpaired) electrons. The molecule has 3 aromatic rings. The molecule has 0 saturated carbocycles. The minimum absolute atomic E-state index is 0.0631. The molecule has 0 bridgehead atoms. The van der Waals surface area contributed by atoms with Crippen LogP contribution in [0.25, 0.3) is 16.7 Å². The van der Waals surface area contributed by atoms with Crippen LogP contribution in [0.5, 0.6) is 0 Å². The first kappa shape index (κ1) is 16.8. The third-order valence-corrected chi connectivity index (χ3v) is 3.81. The summed E-state index contributed by atoms with van der Waals surface area (Å²) in [5.74, 6) is -0.439. The molecule has 3 N–H and O–H groups in total. The number of hydrogen-bond donors (Lipinski definition) is 3. The van der Waals surface area contributed by atoms with Gasteiger partial charge in [0.05, 0.1) is 17.6 Å². The van der Waals surface area contributed by atoms with Gasteiger partial charge in [0.2, 0.25) is 0 Å². The minimum atomic E-state index is -0.439. The van der Waals surface area contributed by atoms with Crippen LogP contribution in [-0.4, -0.2) is 37.6 Å². The molecule has 0 aliphatic heterocycles. The lowest BCUT2D eigenvalue weighted by Gasteiger charge is -2.14. The number of amides is 1. The Morgan fingerprint density at radius 1 is 1.40 bits per heavy atom. The normalized spacial score (nSPS) is 11.4. The topological polar surface area (TPSA) is 112 Å². The van der Waals surface area contributed by atoms with Crippen LogP contribution in [0.1, 0.15) is 24.2 Å². The summed E-state index contributed by atoms with van der Waals surface area (Å²) in [5.41, 5.74) is 0.365. The van der Waals surface area contributed by atoms with Gasteiger partial charge in [0.15, 0.2) is 0 Å². The van der Waals surface area contributed by atoms with Crippen molar-refractivity contribution in [2.75, 3.05) is 6.61 Å². The maximum Gasteiger partial charge on any atom is 0.267 e. The standard InChI is InChI=1S/C17H19N5O3/c1-10(2)19-16(24)11-9-12-15(22(7-8-23)14(11)18)20-13-5-3-4-6-21(13)17(12)25/h3-6,9-10,18,23H,7-8H2,1-2H3,(H,19,24). The highest BCUT2D eigenvalue weighted by molar-refractivity contribution is 5.96. The van der Waals surface area contributed by atoms with Crippen molar-refractivity contribution in [2.45, 2.75) is 26.4 Å². The predicted molar refractivity (Wildman–Crippen MR) is 92.5 cm³/mol. The first-order chi connectivity index (χ1) is 11.9. The summed E-state index contributed by atoms with van der Waals surface area (Å²) in [6.07, 6.45) is 1.60. The van der Waals surface area contributed by atoms with E-state index < -0.39 is 5.91 Å². The van der Waals surface area contributed by atoms with Gasteiger partial charge in [-0.05, 0) is 32.0 Å². The highest BCUT2D eigenvalue weighted by Gasteiger charge is 2.17. The molecule has 0 aliphatic carbocycles. The van der Waals surface area contributed by atoms with Crippen molar-refractivity contribution in [3.8, 4) is 0 Å². The second-order valence-corrected chi connectivity index (χ2v) is 5.99. The SMILES string of the molecule is CC(C)NC(=O)c1cc2c(=O)n3ccccc3nc2n(CCO)c1=N. The van der Waals surface area contributed by atoms with E-state index in [9.17, 15) is 14.7 Å². The summed E-state index contributed by atoms with van der Waals surface area (Å²) in [5, 5.41) is 20.6. The molecule has 0 spiro atoms. The van der Waals surface area contributed by atoms with Crippen molar-refractivity contribution in [3.63, 3.8) is 0 Å². The van der Waals surface area contributed by atoms with Crippen LogP contribution in [0.2, 0.25) is 0 Å². The Kier molecular flexibility index (Phi) is 4.37. The van der Waals surface area contributed by atoms with E-state index in [2.05, 4.69) is 10.3 Å². The van der Waals surface area contributed by atoms with Crippen molar-refractivity contribution in [1.29, 1.82) is 5.41 Å². The molecule has 0 unspecified atom stereocenters. The Hall–Kier alpha value is -3.00. The van der Waals surface area contributed by atoms with Crippen LogP contribution >= 0.6 is 0 Å². The minimum Gasteiger partial charge on any atom is -0.395 e. The van der Waals surface area contributed by atoms with Gasteiger partial charge in [-0.25, -0.2) is 4.98 Å². The number of aliphatic hydroxyl groups excluding tert-OH is 1. The summed E-state index contributed by atoms with van der Waals surface area (Å²) < 4.78 is 2.78. The van der Waals surface area contributed by atoms with Crippen molar-refractivity contribution >= 4 is 22.6 Å². The molecule has 3 heterocycles. The fourth-order valence-electron chi connectivity index (χ4n) is 2.72. The molecule has 1 amide bonds. The quantitative estimate of drug-likeness (QED) is 0.591. The molecule has 0 aromatic carbocycles. The molecule has 3 rings (SSSR count). The third-order valence-electron chi connectivity index (χ3n) is 3.81. The van der Waals surface area contributed by atoms with Gasteiger partial charge in [-0.15, -0.1) is 0 Å². The van der Waals surface area contributed by atoms with E-state index in [-0.39, 0.29) is 46.8 Å². The van der Waals surface area contributed by atoms with Crippen LogP contribution in [0, 0.1) is 5.41 Å². The van der Waals surface area contributed by atoms with E-state index >= 15 is 0 Å². The molecule has 0 aliphatic rings.